The highest BCUT2D eigenvalue weighted by Crippen LogP contribution is 2.13. The van der Waals surface area contributed by atoms with Crippen LogP contribution in [0.3, 0.4) is 0 Å². The lowest BCUT2D eigenvalue weighted by Gasteiger charge is -2.19. The number of hydrogen-bond acceptors (Lipinski definition) is 3. The van der Waals surface area contributed by atoms with E-state index in [4.69, 9.17) is 4.42 Å². The van der Waals surface area contributed by atoms with Crippen molar-refractivity contribution in [3.8, 4) is 0 Å². The lowest BCUT2D eigenvalue weighted by Crippen LogP contribution is -2.34. The lowest BCUT2D eigenvalue weighted by atomic mass is 10.1. The molecule has 0 aromatic carbocycles. The number of hydrogen-bond donors (Lipinski definition) is 1. The van der Waals surface area contributed by atoms with E-state index < -0.39 is 10.8 Å². The maximum Gasteiger partial charge on any atom is 0.118 e. The quantitative estimate of drug-likeness (QED) is 0.834. The molecular weight excluding hydrogens is 258 g/mol. The summed E-state index contributed by atoms with van der Waals surface area (Å²) in [6, 6.07) is 3.91. The van der Waals surface area contributed by atoms with Gasteiger partial charge in [-0.3, -0.25) is 4.21 Å². The summed E-state index contributed by atoms with van der Waals surface area (Å²) >= 11 is 0. The second-order valence-corrected chi connectivity index (χ2v) is 7.74. The summed E-state index contributed by atoms with van der Waals surface area (Å²) in [6.45, 7) is 11.3. The van der Waals surface area contributed by atoms with Crippen LogP contribution in [0, 0.1) is 5.92 Å². The van der Waals surface area contributed by atoms with Crippen molar-refractivity contribution < 1.29 is 8.63 Å². The molecule has 0 aliphatic rings. The largest absolute Gasteiger partial charge is 0.464 e. The van der Waals surface area contributed by atoms with Crippen molar-refractivity contribution >= 4 is 10.8 Å². The Labute approximate surface area is 119 Å². The fourth-order valence-electron chi connectivity index (χ4n) is 1.60. The van der Waals surface area contributed by atoms with E-state index in [9.17, 15) is 4.21 Å². The van der Waals surface area contributed by atoms with Gasteiger partial charge in [0.2, 0.25) is 0 Å². The second-order valence-electron chi connectivity index (χ2n) is 6.24. The molecule has 3 nitrogen and oxygen atoms in total. The SMILES string of the molecule is CCC(C)CS(=O)Cc1ccc(CNC(C)(C)C)o1. The van der Waals surface area contributed by atoms with E-state index in [-0.39, 0.29) is 5.54 Å². The molecule has 0 bridgehead atoms. The Morgan fingerprint density at radius 3 is 2.53 bits per heavy atom. The van der Waals surface area contributed by atoms with Crippen molar-refractivity contribution in [2.24, 2.45) is 5.92 Å². The predicted molar refractivity (Wildman–Crippen MR) is 81.5 cm³/mol. The molecule has 110 valence electrons. The van der Waals surface area contributed by atoms with E-state index in [2.05, 4.69) is 39.9 Å². The van der Waals surface area contributed by atoms with Crippen molar-refractivity contribution in [3.63, 3.8) is 0 Å². The fraction of sp³-hybridized carbons (Fsp3) is 0.733. The Bertz CT molecular complexity index is 407. The molecule has 0 spiro atoms. The van der Waals surface area contributed by atoms with Gasteiger partial charge in [-0.25, -0.2) is 0 Å². The molecule has 0 fully saturated rings. The minimum Gasteiger partial charge on any atom is -0.464 e. The molecule has 1 heterocycles. The molecule has 0 aliphatic carbocycles. The van der Waals surface area contributed by atoms with Crippen LogP contribution in [0.15, 0.2) is 16.5 Å². The van der Waals surface area contributed by atoms with Gasteiger partial charge in [0.25, 0.3) is 0 Å². The third kappa shape index (κ3) is 6.92. The maximum atomic E-state index is 11.9. The van der Waals surface area contributed by atoms with E-state index in [1.54, 1.807) is 0 Å². The third-order valence-electron chi connectivity index (χ3n) is 2.98. The first-order valence-electron chi connectivity index (χ1n) is 6.97. The molecule has 0 saturated carbocycles. The van der Waals surface area contributed by atoms with Crippen molar-refractivity contribution in [2.45, 2.75) is 58.9 Å². The summed E-state index contributed by atoms with van der Waals surface area (Å²) < 4.78 is 17.7. The first-order valence-corrected chi connectivity index (χ1v) is 8.46. The van der Waals surface area contributed by atoms with Crippen LogP contribution in [0.25, 0.3) is 0 Å². The van der Waals surface area contributed by atoms with Gasteiger partial charge in [-0.15, -0.1) is 0 Å². The van der Waals surface area contributed by atoms with Gasteiger partial charge < -0.3 is 9.73 Å². The number of furan rings is 1. The van der Waals surface area contributed by atoms with Crippen LogP contribution in [0.1, 0.15) is 52.6 Å². The van der Waals surface area contributed by atoms with Gasteiger partial charge >= 0.3 is 0 Å². The van der Waals surface area contributed by atoms with E-state index in [1.807, 2.05) is 12.1 Å². The van der Waals surface area contributed by atoms with Crippen LogP contribution >= 0.6 is 0 Å². The van der Waals surface area contributed by atoms with Gasteiger partial charge in [0.05, 0.1) is 12.3 Å². The van der Waals surface area contributed by atoms with Crippen LogP contribution in [-0.2, 0) is 23.1 Å². The van der Waals surface area contributed by atoms with Crippen LogP contribution < -0.4 is 5.32 Å². The second kappa shape index (κ2) is 7.25. The minimum atomic E-state index is -0.823. The van der Waals surface area contributed by atoms with E-state index in [0.717, 1.165) is 23.7 Å². The topological polar surface area (TPSA) is 42.2 Å². The highest BCUT2D eigenvalue weighted by molar-refractivity contribution is 7.84. The molecule has 1 N–H and O–H groups in total. The van der Waals surface area contributed by atoms with Crippen LogP contribution in [0.5, 0.6) is 0 Å². The Kier molecular flexibility index (Phi) is 6.27. The lowest BCUT2D eigenvalue weighted by molar-refractivity contribution is 0.382. The molecule has 0 radical (unpaired) electrons. The van der Waals surface area contributed by atoms with Crippen molar-refractivity contribution in [1.29, 1.82) is 0 Å². The van der Waals surface area contributed by atoms with Gasteiger partial charge in [0.15, 0.2) is 0 Å². The Balaban J connectivity index is 2.44. The molecule has 2 atom stereocenters. The van der Waals surface area contributed by atoms with E-state index in [1.165, 1.54) is 0 Å². The summed E-state index contributed by atoms with van der Waals surface area (Å²) in [5.74, 6) is 3.53. The Morgan fingerprint density at radius 1 is 1.32 bits per heavy atom. The Morgan fingerprint density at radius 2 is 1.95 bits per heavy atom. The zero-order valence-electron chi connectivity index (χ0n) is 12.8. The van der Waals surface area contributed by atoms with Crippen molar-refractivity contribution in [2.75, 3.05) is 5.75 Å². The smallest absolute Gasteiger partial charge is 0.118 e. The summed E-state index contributed by atoms with van der Waals surface area (Å²) in [6.07, 6.45) is 1.07. The maximum absolute atomic E-state index is 11.9. The molecule has 4 heteroatoms. The van der Waals surface area contributed by atoms with Gasteiger partial charge in [-0.2, -0.15) is 0 Å². The summed E-state index contributed by atoms with van der Waals surface area (Å²) in [4.78, 5) is 0. The van der Waals surface area contributed by atoms with Crippen LogP contribution in [0.4, 0.5) is 0 Å². The van der Waals surface area contributed by atoms with E-state index >= 15 is 0 Å². The summed E-state index contributed by atoms with van der Waals surface area (Å²) in [7, 11) is -0.823. The van der Waals surface area contributed by atoms with Gasteiger partial charge in [-0.1, -0.05) is 20.3 Å². The van der Waals surface area contributed by atoms with Crippen LogP contribution in [-0.4, -0.2) is 15.5 Å². The summed E-state index contributed by atoms with van der Waals surface area (Å²) in [5, 5.41) is 3.38. The van der Waals surface area contributed by atoms with Gasteiger partial charge in [0.1, 0.15) is 11.5 Å². The minimum absolute atomic E-state index is 0.0757. The molecule has 0 amide bonds. The molecule has 1 aromatic heterocycles. The van der Waals surface area contributed by atoms with Crippen molar-refractivity contribution in [1.82, 2.24) is 5.32 Å². The van der Waals surface area contributed by atoms with Gasteiger partial charge in [-0.05, 0) is 38.8 Å². The number of rotatable bonds is 7. The third-order valence-corrected chi connectivity index (χ3v) is 4.53. The molecule has 0 aliphatic heterocycles. The molecule has 1 aromatic rings. The molecular formula is C15H27NO2S. The zero-order chi connectivity index (χ0) is 14.5. The fourth-order valence-corrected chi connectivity index (χ4v) is 3.06. The monoisotopic (exact) mass is 285 g/mol. The molecule has 2 unspecified atom stereocenters. The summed E-state index contributed by atoms with van der Waals surface area (Å²) in [5.41, 5.74) is 0.0757. The standard InChI is InChI=1S/C15H27NO2S/c1-6-12(2)10-19(17)11-14-8-7-13(18-14)9-16-15(3,4)5/h7-8,12,16H,6,9-11H2,1-5H3. The van der Waals surface area contributed by atoms with Crippen LogP contribution in [0.2, 0.25) is 0 Å². The normalized spacial score (nSPS) is 15.4. The zero-order valence-corrected chi connectivity index (χ0v) is 13.6. The first kappa shape index (κ1) is 16.4. The van der Waals surface area contributed by atoms with E-state index in [0.29, 0.717) is 18.2 Å². The first-order chi connectivity index (χ1) is 8.80. The number of nitrogens with one attached hydrogen (secondary N) is 1. The molecule has 19 heavy (non-hydrogen) atoms. The highest BCUT2D eigenvalue weighted by atomic mass is 32.2. The average Bonchev–Trinajstić information content (AvgIpc) is 2.73. The van der Waals surface area contributed by atoms with Gasteiger partial charge in [0, 0.05) is 22.1 Å². The predicted octanol–water partition coefficient (Wildman–Crippen LogP) is 3.46. The molecule has 0 saturated heterocycles. The van der Waals surface area contributed by atoms with Crippen molar-refractivity contribution in [3.05, 3.63) is 23.7 Å². The average molecular weight is 285 g/mol. The highest BCUT2D eigenvalue weighted by Gasteiger charge is 2.12. The molecule has 1 rings (SSSR count). The Hall–Kier alpha value is -0.610.